The number of nitrogens with zero attached hydrogens (tertiary/aromatic N) is 4. The van der Waals surface area contributed by atoms with Crippen LogP contribution in [0.25, 0.3) is 0 Å². The third kappa shape index (κ3) is 3.88. The molecule has 0 aliphatic carbocycles. The van der Waals surface area contributed by atoms with Gasteiger partial charge in [0.1, 0.15) is 12.0 Å². The second-order valence-corrected chi connectivity index (χ2v) is 6.32. The van der Waals surface area contributed by atoms with Crippen LogP contribution >= 0.6 is 0 Å². The van der Waals surface area contributed by atoms with E-state index in [0.717, 1.165) is 16.3 Å². The molecule has 1 amide bonds. The first-order valence-corrected chi connectivity index (χ1v) is 8.85. The molecule has 3 aromatic rings. The molecule has 140 valence electrons. The Hall–Kier alpha value is -4.27. The summed E-state index contributed by atoms with van der Waals surface area (Å²) in [7, 11) is 1.48. The van der Waals surface area contributed by atoms with Gasteiger partial charge in [-0.05, 0) is 39.9 Å². The number of rotatable bonds is 3. The van der Waals surface area contributed by atoms with Gasteiger partial charge >= 0.3 is 17.1 Å². The Kier molecular flexibility index (Phi) is 4.85. The van der Waals surface area contributed by atoms with Gasteiger partial charge in [-0.15, -0.1) is 0 Å². The Morgan fingerprint density at radius 3 is 3.00 bits per heavy atom. The van der Waals surface area contributed by atoms with Crippen LogP contribution in [0.15, 0.2) is 55.0 Å². The molecular formula is C22H17N5O2+2. The summed E-state index contributed by atoms with van der Waals surface area (Å²) in [5.41, 5.74) is 2.73. The maximum atomic E-state index is 12.6. The second kappa shape index (κ2) is 7.77. The summed E-state index contributed by atoms with van der Waals surface area (Å²) in [5, 5.41) is 4.58. The van der Waals surface area contributed by atoms with E-state index in [1.807, 2.05) is 31.2 Å². The molecule has 7 nitrogen and oxygen atoms in total. The summed E-state index contributed by atoms with van der Waals surface area (Å²) in [6.45, 7) is 2.03. The van der Waals surface area contributed by atoms with Crippen LogP contribution in [-0.4, -0.2) is 29.3 Å². The highest BCUT2D eigenvalue weighted by Gasteiger charge is 2.18. The van der Waals surface area contributed by atoms with Crippen LogP contribution in [0.2, 0.25) is 0 Å². The van der Waals surface area contributed by atoms with E-state index in [2.05, 4.69) is 31.9 Å². The van der Waals surface area contributed by atoms with Gasteiger partial charge in [-0.25, -0.2) is 4.98 Å². The van der Waals surface area contributed by atoms with Crippen molar-refractivity contribution >= 4 is 17.9 Å². The molecule has 0 saturated carbocycles. The quantitative estimate of drug-likeness (QED) is 0.400. The summed E-state index contributed by atoms with van der Waals surface area (Å²) in [5.74, 6) is 3.08. The number of aryl methyl sites for hydroxylation is 1. The number of carbonyl (C=O) groups excluding carboxylic acids is 1. The van der Waals surface area contributed by atoms with E-state index in [4.69, 9.17) is 4.74 Å². The molecule has 1 N–H and O–H groups in total. The molecule has 2 heterocycles. The number of nitrogens with one attached hydrogen (secondary N) is 1. The molecule has 4 rings (SSSR count). The average Bonchev–Trinajstić information content (AvgIpc) is 3.14. The van der Waals surface area contributed by atoms with Crippen LogP contribution in [0, 0.1) is 18.9 Å². The minimum Gasteiger partial charge on any atom is -0.479 e. The second-order valence-electron chi connectivity index (χ2n) is 6.32. The highest BCUT2D eigenvalue weighted by molar-refractivity contribution is 6.05. The monoisotopic (exact) mass is 383 g/mol. The zero-order valence-electron chi connectivity index (χ0n) is 15.9. The molecule has 2 aromatic carbocycles. The summed E-state index contributed by atoms with van der Waals surface area (Å²) in [4.78, 5) is 20.5. The minimum atomic E-state index is -0.301. The number of aromatic nitrogens is 2. The lowest BCUT2D eigenvalue weighted by Crippen LogP contribution is -2.32. The van der Waals surface area contributed by atoms with Gasteiger partial charge in [-0.2, -0.15) is 4.98 Å². The average molecular weight is 383 g/mol. The van der Waals surface area contributed by atoms with E-state index in [1.165, 1.54) is 19.6 Å². The Labute approximate surface area is 166 Å². The molecule has 0 saturated heterocycles. The Balaban J connectivity index is 1.59. The molecule has 0 spiro atoms. The van der Waals surface area contributed by atoms with Crippen molar-refractivity contribution in [3.05, 3.63) is 82.4 Å². The molecule has 0 fully saturated rings. The lowest BCUT2D eigenvalue weighted by Gasteiger charge is -2.08. The summed E-state index contributed by atoms with van der Waals surface area (Å²) in [6, 6.07) is 16.2. The van der Waals surface area contributed by atoms with Crippen molar-refractivity contribution in [2.75, 3.05) is 12.4 Å². The fraction of sp³-hybridized carbons (Fsp3) is 0.0909. The fourth-order valence-corrected chi connectivity index (χ4v) is 2.84. The van der Waals surface area contributed by atoms with E-state index in [9.17, 15) is 4.79 Å². The predicted molar refractivity (Wildman–Crippen MR) is 109 cm³/mol. The van der Waals surface area contributed by atoms with Crippen molar-refractivity contribution in [2.24, 2.45) is 0 Å². The van der Waals surface area contributed by atoms with E-state index in [-0.39, 0.29) is 5.91 Å². The smallest absolute Gasteiger partial charge is 0.479 e. The first-order chi connectivity index (χ1) is 14.1. The molecule has 0 unspecified atom stereocenters. The third-order valence-corrected chi connectivity index (χ3v) is 4.27. The standard InChI is InChI=1S/C22H16N5O2/c1-15-6-7-20-18(10-15)25-14-27(20)9-8-16-4-3-5-17(11-16)21(28)26-19-12-23-13-24-22(19)29-2/h3-7,10-14H,1-2H3/q+1/p+1. The molecule has 0 atom stereocenters. The number of hydrogen-bond donors (Lipinski definition) is 1. The Bertz CT molecular complexity index is 1350. The Morgan fingerprint density at radius 1 is 1.24 bits per heavy atom. The van der Waals surface area contributed by atoms with Crippen molar-refractivity contribution < 1.29 is 9.53 Å². The van der Waals surface area contributed by atoms with Crippen molar-refractivity contribution in [3.63, 3.8) is 0 Å². The van der Waals surface area contributed by atoms with Crippen molar-refractivity contribution in [1.82, 2.24) is 19.2 Å². The molecule has 1 aliphatic rings. The van der Waals surface area contributed by atoms with Crippen molar-refractivity contribution in [3.8, 4) is 17.8 Å². The van der Waals surface area contributed by atoms with Crippen LogP contribution in [0.5, 0.6) is 5.88 Å². The van der Waals surface area contributed by atoms with Gasteiger partial charge in [0.05, 0.1) is 13.3 Å². The van der Waals surface area contributed by atoms with E-state index >= 15 is 0 Å². The Morgan fingerprint density at radius 2 is 2.14 bits per heavy atom. The lowest BCUT2D eigenvalue weighted by molar-refractivity contribution is 0.102. The van der Waals surface area contributed by atoms with Crippen LogP contribution in [0.1, 0.15) is 21.5 Å². The number of anilines is 1. The molecule has 1 aromatic heterocycles. The van der Waals surface area contributed by atoms with Crippen molar-refractivity contribution in [1.29, 1.82) is 0 Å². The van der Waals surface area contributed by atoms with Crippen molar-refractivity contribution in [2.45, 2.75) is 6.92 Å². The van der Waals surface area contributed by atoms with Crippen LogP contribution in [0.3, 0.4) is 0 Å². The maximum Gasteiger partial charge on any atom is 0.537 e. The van der Waals surface area contributed by atoms with Crippen LogP contribution in [-0.2, 0) is 0 Å². The number of carbonyl (C=O) groups is 1. The van der Waals surface area contributed by atoms with Gasteiger partial charge in [0, 0.05) is 29.2 Å². The first kappa shape index (κ1) is 18.1. The zero-order chi connectivity index (χ0) is 20.2. The van der Waals surface area contributed by atoms with E-state index in [1.54, 1.807) is 29.1 Å². The number of amides is 1. The fourth-order valence-electron chi connectivity index (χ4n) is 2.84. The largest absolute Gasteiger partial charge is 0.537 e. The maximum absolute atomic E-state index is 12.6. The normalized spacial score (nSPS) is 11.2. The predicted octanol–water partition coefficient (Wildman–Crippen LogP) is 0.275. The molecule has 7 heteroatoms. The number of fused-ring (bicyclic) bond motifs is 1. The van der Waals surface area contributed by atoms with E-state index < -0.39 is 0 Å². The van der Waals surface area contributed by atoms with Gasteiger partial charge in [-0.3, -0.25) is 4.79 Å². The third-order valence-electron chi connectivity index (χ3n) is 4.27. The number of ether oxygens (including phenoxy) is 1. The van der Waals surface area contributed by atoms with Gasteiger partial charge in [0.15, 0.2) is 0 Å². The van der Waals surface area contributed by atoms with Crippen LogP contribution < -0.4 is 30.0 Å². The molecule has 0 radical (unpaired) electrons. The summed E-state index contributed by atoms with van der Waals surface area (Å²) < 4.78 is 11.3. The number of benzene rings is 2. The molecule has 29 heavy (non-hydrogen) atoms. The minimum absolute atomic E-state index is 0.298. The molecule has 1 aliphatic heterocycles. The van der Waals surface area contributed by atoms with Gasteiger partial charge in [-0.1, -0.05) is 12.1 Å². The highest BCUT2D eigenvalue weighted by atomic mass is 16.5. The SMILES string of the molecule is COc1ncncc1NC(=O)c1cccc(C#C[N+]2=c3ccc(C)cc3=[N+]=C2)c1. The van der Waals surface area contributed by atoms with Gasteiger partial charge < -0.3 is 10.1 Å². The first-order valence-electron chi connectivity index (χ1n) is 8.85. The number of hydrogen-bond acceptors (Lipinski definition) is 4. The summed E-state index contributed by atoms with van der Waals surface area (Å²) >= 11 is 0. The molecular weight excluding hydrogens is 366 g/mol. The van der Waals surface area contributed by atoms with Gasteiger partial charge in [0.25, 0.3) is 5.91 Å². The van der Waals surface area contributed by atoms with Crippen LogP contribution in [0.4, 0.5) is 5.69 Å². The topological polar surface area (TPSA) is 81.2 Å². The lowest BCUT2D eigenvalue weighted by atomic mass is 10.1. The van der Waals surface area contributed by atoms with E-state index in [0.29, 0.717) is 22.7 Å². The highest BCUT2D eigenvalue weighted by Crippen LogP contribution is 2.19. The molecule has 0 bridgehead atoms. The zero-order valence-corrected chi connectivity index (χ0v) is 15.9. The van der Waals surface area contributed by atoms with Gasteiger partial charge in [0.2, 0.25) is 11.9 Å². The summed E-state index contributed by atoms with van der Waals surface area (Å²) in [6.07, 6.45) is 4.53. The number of methoxy groups -OCH3 is 1.